The molecule has 0 unspecified atom stereocenters. The van der Waals surface area contributed by atoms with Gasteiger partial charge in [-0.15, -0.1) is 0 Å². The van der Waals surface area contributed by atoms with Crippen molar-refractivity contribution in [3.8, 4) is 0 Å². The lowest BCUT2D eigenvalue weighted by molar-refractivity contribution is 0.144. The molecule has 2 rings (SSSR count). The molecule has 1 aliphatic carbocycles. The smallest absolute Gasteiger partial charge is 0.0661 e. The molecule has 82 valence electrons. The summed E-state index contributed by atoms with van der Waals surface area (Å²) in [6, 6.07) is 2.00. The summed E-state index contributed by atoms with van der Waals surface area (Å²) in [6.07, 6.45) is 6.82. The van der Waals surface area contributed by atoms with E-state index in [9.17, 15) is 5.11 Å². The summed E-state index contributed by atoms with van der Waals surface area (Å²) in [4.78, 5) is 4.13. The average Bonchev–Trinajstić information content (AvgIpc) is 2.24. The van der Waals surface area contributed by atoms with E-state index >= 15 is 0 Å². The van der Waals surface area contributed by atoms with Crippen LogP contribution in [0.15, 0.2) is 18.5 Å². The van der Waals surface area contributed by atoms with Crippen LogP contribution in [-0.2, 0) is 0 Å². The number of pyridine rings is 1. The van der Waals surface area contributed by atoms with E-state index < -0.39 is 0 Å². The van der Waals surface area contributed by atoms with Crippen molar-refractivity contribution in [3.05, 3.63) is 18.5 Å². The predicted octanol–water partition coefficient (Wildman–Crippen LogP) is 1.45. The Morgan fingerprint density at radius 3 is 2.67 bits per heavy atom. The lowest BCUT2D eigenvalue weighted by atomic mass is 9.77. The quantitative estimate of drug-likeness (QED) is 0.699. The minimum Gasteiger partial charge on any atom is -0.394 e. The van der Waals surface area contributed by atoms with Gasteiger partial charge in [0.25, 0.3) is 0 Å². The van der Waals surface area contributed by atoms with Crippen LogP contribution in [0.1, 0.15) is 19.3 Å². The minimum absolute atomic E-state index is 0.103. The maximum atomic E-state index is 9.33. The van der Waals surface area contributed by atoms with Crippen LogP contribution in [0.4, 0.5) is 11.4 Å². The van der Waals surface area contributed by atoms with Gasteiger partial charge >= 0.3 is 0 Å². The van der Waals surface area contributed by atoms with Gasteiger partial charge in [0.2, 0.25) is 0 Å². The number of nitrogens with one attached hydrogen (secondary N) is 2. The summed E-state index contributed by atoms with van der Waals surface area (Å²) < 4.78 is 0. The van der Waals surface area contributed by atoms with Crippen LogP contribution in [0.25, 0.3) is 0 Å². The van der Waals surface area contributed by atoms with E-state index in [0.29, 0.717) is 0 Å². The molecule has 0 aromatic carbocycles. The van der Waals surface area contributed by atoms with Crippen molar-refractivity contribution in [1.82, 2.24) is 4.98 Å². The van der Waals surface area contributed by atoms with Gasteiger partial charge in [0.15, 0.2) is 0 Å². The van der Waals surface area contributed by atoms with Crippen molar-refractivity contribution in [2.24, 2.45) is 0 Å². The fourth-order valence-corrected chi connectivity index (χ4v) is 1.88. The van der Waals surface area contributed by atoms with E-state index in [-0.39, 0.29) is 12.1 Å². The first-order valence-corrected chi connectivity index (χ1v) is 5.30. The maximum absolute atomic E-state index is 9.33. The molecule has 0 amide bonds. The van der Waals surface area contributed by atoms with E-state index in [1.54, 1.807) is 12.4 Å². The Hall–Kier alpha value is -1.29. The molecule has 15 heavy (non-hydrogen) atoms. The topological polar surface area (TPSA) is 57.2 Å². The van der Waals surface area contributed by atoms with Gasteiger partial charge in [-0.25, -0.2) is 0 Å². The van der Waals surface area contributed by atoms with Gasteiger partial charge in [-0.1, -0.05) is 0 Å². The third-order valence-electron chi connectivity index (χ3n) is 3.05. The second kappa shape index (κ2) is 4.06. The Morgan fingerprint density at radius 2 is 2.13 bits per heavy atom. The first-order chi connectivity index (χ1) is 7.28. The molecule has 4 heteroatoms. The number of hydrogen-bond acceptors (Lipinski definition) is 4. The fraction of sp³-hybridized carbons (Fsp3) is 0.545. The summed E-state index contributed by atoms with van der Waals surface area (Å²) in [5.74, 6) is 0. The van der Waals surface area contributed by atoms with Crippen LogP contribution < -0.4 is 10.6 Å². The van der Waals surface area contributed by atoms with Crippen molar-refractivity contribution in [1.29, 1.82) is 0 Å². The van der Waals surface area contributed by atoms with Crippen molar-refractivity contribution in [3.63, 3.8) is 0 Å². The zero-order valence-electron chi connectivity index (χ0n) is 8.95. The van der Waals surface area contributed by atoms with Gasteiger partial charge in [0.05, 0.1) is 35.9 Å². The van der Waals surface area contributed by atoms with E-state index in [1.165, 1.54) is 6.42 Å². The SMILES string of the molecule is CNc1cncc(NC2(CO)CCC2)c1. The van der Waals surface area contributed by atoms with Gasteiger partial charge in [0.1, 0.15) is 0 Å². The van der Waals surface area contributed by atoms with Gasteiger partial charge in [-0.05, 0) is 25.3 Å². The molecule has 0 atom stereocenters. The van der Waals surface area contributed by atoms with Gasteiger partial charge < -0.3 is 15.7 Å². The monoisotopic (exact) mass is 207 g/mol. The van der Waals surface area contributed by atoms with Crippen LogP contribution in [-0.4, -0.2) is 29.3 Å². The molecule has 1 aliphatic rings. The molecule has 3 N–H and O–H groups in total. The van der Waals surface area contributed by atoms with Crippen LogP contribution >= 0.6 is 0 Å². The third-order valence-corrected chi connectivity index (χ3v) is 3.05. The van der Waals surface area contributed by atoms with Crippen LogP contribution in [0.3, 0.4) is 0 Å². The number of anilines is 2. The van der Waals surface area contributed by atoms with Crippen molar-refractivity contribution in [2.45, 2.75) is 24.8 Å². The number of aromatic nitrogens is 1. The number of hydrogen-bond donors (Lipinski definition) is 3. The summed E-state index contributed by atoms with van der Waals surface area (Å²) in [7, 11) is 1.87. The van der Waals surface area contributed by atoms with E-state index in [1.807, 2.05) is 13.1 Å². The molecular formula is C11H17N3O. The van der Waals surface area contributed by atoms with E-state index in [4.69, 9.17) is 0 Å². The second-order valence-electron chi connectivity index (χ2n) is 4.13. The number of nitrogens with zero attached hydrogens (tertiary/aromatic N) is 1. The summed E-state index contributed by atoms with van der Waals surface area (Å²) in [5.41, 5.74) is 1.84. The number of rotatable bonds is 4. The van der Waals surface area contributed by atoms with Gasteiger partial charge in [0, 0.05) is 7.05 Å². The van der Waals surface area contributed by atoms with Crippen LogP contribution in [0, 0.1) is 0 Å². The molecule has 4 nitrogen and oxygen atoms in total. The summed E-state index contributed by atoms with van der Waals surface area (Å²) >= 11 is 0. The molecule has 0 bridgehead atoms. The zero-order chi connectivity index (χ0) is 10.7. The third kappa shape index (κ3) is 2.04. The van der Waals surface area contributed by atoms with Crippen LogP contribution in [0.2, 0.25) is 0 Å². The van der Waals surface area contributed by atoms with Gasteiger partial charge in [-0.2, -0.15) is 0 Å². The Kier molecular flexibility index (Phi) is 2.77. The second-order valence-corrected chi connectivity index (χ2v) is 4.13. The largest absolute Gasteiger partial charge is 0.394 e. The maximum Gasteiger partial charge on any atom is 0.0661 e. The highest BCUT2D eigenvalue weighted by atomic mass is 16.3. The highest BCUT2D eigenvalue weighted by Gasteiger charge is 2.36. The molecule has 0 radical (unpaired) electrons. The van der Waals surface area contributed by atoms with Crippen molar-refractivity contribution < 1.29 is 5.11 Å². The molecule has 1 saturated carbocycles. The van der Waals surface area contributed by atoms with Crippen LogP contribution in [0.5, 0.6) is 0 Å². The minimum atomic E-state index is -0.103. The van der Waals surface area contributed by atoms with E-state index in [0.717, 1.165) is 24.2 Å². The van der Waals surface area contributed by atoms with E-state index in [2.05, 4.69) is 15.6 Å². The predicted molar refractivity (Wildman–Crippen MR) is 61.1 cm³/mol. The summed E-state index contributed by atoms with van der Waals surface area (Å²) in [5, 5.41) is 15.7. The number of aliphatic hydroxyl groups is 1. The first kappa shape index (κ1) is 10.2. The van der Waals surface area contributed by atoms with Gasteiger partial charge in [-0.3, -0.25) is 4.98 Å². The van der Waals surface area contributed by atoms with Crippen molar-refractivity contribution >= 4 is 11.4 Å². The Bertz CT molecular complexity index is 331. The van der Waals surface area contributed by atoms with Crippen molar-refractivity contribution in [2.75, 3.05) is 24.3 Å². The summed E-state index contributed by atoms with van der Waals surface area (Å²) in [6.45, 7) is 0.191. The normalized spacial score (nSPS) is 18.0. The molecular weight excluding hydrogens is 190 g/mol. The molecule has 1 aromatic heterocycles. The number of aliphatic hydroxyl groups excluding tert-OH is 1. The Balaban J connectivity index is 2.09. The zero-order valence-corrected chi connectivity index (χ0v) is 8.95. The average molecular weight is 207 g/mol. The molecule has 0 aliphatic heterocycles. The lowest BCUT2D eigenvalue weighted by Gasteiger charge is -2.41. The molecule has 1 aromatic rings. The molecule has 1 fully saturated rings. The lowest BCUT2D eigenvalue weighted by Crippen LogP contribution is -2.48. The standard InChI is InChI=1S/C11H17N3O/c1-12-9-5-10(7-13-6-9)14-11(8-15)3-2-4-11/h5-7,12,14-15H,2-4,8H2,1H3. The fourth-order valence-electron chi connectivity index (χ4n) is 1.88. The molecule has 1 heterocycles. The Labute approximate surface area is 89.7 Å². The molecule has 0 spiro atoms. The Morgan fingerprint density at radius 1 is 1.40 bits per heavy atom. The first-order valence-electron chi connectivity index (χ1n) is 5.30. The highest BCUT2D eigenvalue weighted by molar-refractivity contribution is 5.55. The molecule has 0 saturated heterocycles. The highest BCUT2D eigenvalue weighted by Crippen LogP contribution is 2.34.